The van der Waals surface area contributed by atoms with Crippen molar-refractivity contribution in [2.24, 2.45) is 17.8 Å². The number of hydrogen-bond acceptors (Lipinski definition) is 3. The van der Waals surface area contributed by atoms with E-state index in [9.17, 15) is 9.90 Å². The third-order valence-corrected chi connectivity index (χ3v) is 5.05. The highest BCUT2D eigenvalue weighted by atomic mass is 16.3. The van der Waals surface area contributed by atoms with Crippen LogP contribution >= 0.6 is 0 Å². The summed E-state index contributed by atoms with van der Waals surface area (Å²) in [4.78, 5) is 15.2. The van der Waals surface area contributed by atoms with Gasteiger partial charge in [-0.1, -0.05) is 50.6 Å². The van der Waals surface area contributed by atoms with Crippen molar-refractivity contribution in [3.63, 3.8) is 0 Å². The molecule has 1 heterocycles. The molecule has 1 fully saturated rings. The highest BCUT2D eigenvalue weighted by Crippen LogP contribution is 2.32. The molecule has 0 aromatic heterocycles. The van der Waals surface area contributed by atoms with Gasteiger partial charge in [-0.15, -0.1) is 0 Å². The third kappa shape index (κ3) is 4.40. The number of rotatable bonds is 7. The predicted octanol–water partition coefficient (Wildman–Crippen LogP) is 3.24. The Morgan fingerprint density at radius 3 is 2.73 bits per heavy atom. The molecule has 0 bridgehead atoms. The van der Waals surface area contributed by atoms with Crippen molar-refractivity contribution in [1.82, 2.24) is 4.90 Å². The number of carbonyl (C=O) groups is 1. The summed E-state index contributed by atoms with van der Waals surface area (Å²) >= 11 is 0. The molecule has 1 aliphatic heterocycles. The van der Waals surface area contributed by atoms with Crippen LogP contribution in [0, 0.1) is 17.8 Å². The number of likely N-dealkylation sites (tertiary alicyclic amines) is 1. The maximum atomic E-state index is 12.9. The van der Waals surface area contributed by atoms with E-state index in [1.54, 1.807) is 0 Å². The number of benzene rings is 1. The zero-order chi connectivity index (χ0) is 15.9. The lowest BCUT2D eigenvalue weighted by Gasteiger charge is -2.38. The minimum Gasteiger partial charge on any atom is -0.395 e. The van der Waals surface area contributed by atoms with Crippen LogP contribution in [0.2, 0.25) is 0 Å². The van der Waals surface area contributed by atoms with Crippen LogP contribution in [-0.4, -0.2) is 42.0 Å². The van der Waals surface area contributed by atoms with Crippen molar-refractivity contribution in [1.29, 1.82) is 0 Å². The molecule has 0 amide bonds. The Hall–Kier alpha value is -1.19. The first kappa shape index (κ1) is 17.2. The molecule has 3 atom stereocenters. The first-order valence-corrected chi connectivity index (χ1v) is 8.58. The van der Waals surface area contributed by atoms with Crippen LogP contribution in [0.1, 0.15) is 43.5 Å². The summed E-state index contributed by atoms with van der Waals surface area (Å²) in [6.45, 7) is 7.14. The quantitative estimate of drug-likeness (QED) is 0.786. The van der Waals surface area contributed by atoms with Gasteiger partial charge < -0.3 is 10.0 Å². The van der Waals surface area contributed by atoms with Gasteiger partial charge in [0.15, 0.2) is 5.78 Å². The van der Waals surface area contributed by atoms with Crippen molar-refractivity contribution < 1.29 is 9.90 Å². The van der Waals surface area contributed by atoms with Crippen LogP contribution in [-0.2, 0) is 0 Å². The number of Topliss-reactive ketones (excluding diaryl/α,β-unsaturated/α-hetero) is 1. The Kier molecular flexibility index (Phi) is 6.59. The van der Waals surface area contributed by atoms with Gasteiger partial charge in [-0.2, -0.15) is 0 Å². The fourth-order valence-electron chi connectivity index (χ4n) is 3.49. The van der Waals surface area contributed by atoms with E-state index in [2.05, 4.69) is 18.7 Å². The molecule has 3 heteroatoms. The van der Waals surface area contributed by atoms with Gasteiger partial charge in [0.2, 0.25) is 0 Å². The molecule has 1 aliphatic rings. The second-order valence-corrected chi connectivity index (χ2v) is 6.66. The number of carbonyl (C=O) groups excluding carboxylic acids is 1. The van der Waals surface area contributed by atoms with Gasteiger partial charge in [0.05, 0.1) is 6.61 Å². The van der Waals surface area contributed by atoms with E-state index in [1.165, 1.54) is 6.42 Å². The Balaban J connectivity index is 2.13. The Bertz CT molecular complexity index is 460. The number of aliphatic hydroxyl groups excluding tert-OH is 1. The Morgan fingerprint density at radius 1 is 1.36 bits per heavy atom. The number of ketones is 1. The van der Waals surface area contributed by atoms with Crippen LogP contribution in [0.25, 0.3) is 0 Å². The number of hydrogen-bond donors (Lipinski definition) is 1. The largest absolute Gasteiger partial charge is 0.395 e. The van der Waals surface area contributed by atoms with Gasteiger partial charge in [0.1, 0.15) is 0 Å². The summed E-state index contributed by atoms with van der Waals surface area (Å²) in [6, 6.07) is 9.67. The lowest BCUT2D eigenvalue weighted by molar-refractivity contribution is 0.0607. The number of piperidine rings is 1. The van der Waals surface area contributed by atoms with Gasteiger partial charge in [-0.25, -0.2) is 0 Å². The lowest BCUT2D eigenvalue weighted by atomic mass is 9.76. The minimum absolute atomic E-state index is 0.0664. The molecule has 22 heavy (non-hydrogen) atoms. The zero-order valence-corrected chi connectivity index (χ0v) is 13.9. The van der Waals surface area contributed by atoms with E-state index >= 15 is 0 Å². The summed E-state index contributed by atoms with van der Waals surface area (Å²) in [5, 5.41) is 9.18. The fourth-order valence-corrected chi connectivity index (χ4v) is 3.49. The van der Waals surface area contributed by atoms with Crippen LogP contribution in [0.3, 0.4) is 0 Å². The van der Waals surface area contributed by atoms with E-state index in [0.29, 0.717) is 18.4 Å². The Labute approximate surface area is 134 Å². The van der Waals surface area contributed by atoms with Crippen molar-refractivity contribution in [3.05, 3.63) is 35.9 Å². The molecule has 0 spiro atoms. The van der Waals surface area contributed by atoms with Gasteiger partial charge in [-0.3, -0.25) is 4.79 Å². The monoisotopic (exact) mass is 303 g/mol. The summed E-state index contributed by atoms with van der Waals surface area (Å²) in [7, 11) is 0. The van der Waals surface area contributed by atoms with Crippen molar-refractivity contribution >= 4 is 5.78 Å². The predicted molar refractivity (Wildman–Crippen MR) is 90.0 cm³/mol. The molecule has 1 aromatic rings. The normalized spacial score (nSPS) is 24.1. The maximum Gasteiger partial charge on any atom is 0.167 e. The SMILES string of the molecule is CCC(C)C[C@H]1CCN(CCO)C[C@@H]1C(=O)c1ccccc1. The number of nitrogens with zero attached hydrogens (tertiary/aromatic N) is 1. The van der Waals surface area contributed by atoms with Crippen molar-refractivity contribution in [2.45, 2.75) is 33.1 Å². The van der Waals surface area contributed by atoms with E-state index in [1.807, 2.05) is 30.3 Å². The smallest absolute Gasteiger partial charge is 0.167 e. The van der Waals surface area contributed by atoms with Crippen molar-refractivity contribution in [3.8, 4) is 0 Å². The van der Waals surface area contributed by atoms with Gasteiger partial charge in [-0.05, 0) is 31.2 Å². The molecule has 0 saturated carbocycles. The fraction of sp³-hybridized carbons (Fsp3) is 0.632. The summed E-state index contributed by atoms with van der Waals surface area (Å²) < 4.78 is 0. The third-order valence-electron chi connectivity index (χ3n) is 5.05. The maximum absolute atomic E-state index is 12.9. The summed E-state index contributed by atoms with van der Waals surface area (Å²) in [5.74, 6) is 1.48. The van der Waals surface area contributed by atoms with Crippen molar-refractivity contribution in [2.75, 3.05) is 26.2 Å². The average Bonchev–Trinajstić information content (AvgIpc) is 2.56. The lowest BCUT2D eigenvalue weighted by Crippen LogP contribution is -2.45. The molecule has 1 N–H and O–H groups in total. The highest BCUT2D eigenvalue weighted by Gasteiger charge is 2.34. The molecule has 1 saturated heterocycles. The minimum atomic E-state index is 0.0664. The molecule has 122 valence electrons. The zero-order valence-electron chi connectivity index (χ0n) is 13.9. The highest BCUT2D eigenvalue weighted by molar-refractivity contribution is 5.98. The van der Waals surface area contributed by atoms with Gasteiger partial charge in [0.25, 0.3) is 0 Å². The first-order chi connectivity index (χ1) is 10.7. The van der Waals surface area contributed by atoms with Crippen LogP contribution < -0.4 is 0 Å². The standard InChI is InChI=1S/C19H29NO2/c1-3-15(2)13-17-9-10-20(11-12-21)14-18(17)19(22)16-7-5-4-6-8-16/h4-8,15,17-18,21H,3,9-14H2,1-2H3/t15?,17-,18+/m1/s1. The first-order valence-electron chi connectivity index (χ1n) is 8.58. The molecule has 3 nitrogen and oxygen atoms in total. The van der Waals surface area contributed by atoms with Gasteiger partial charge >= 0.3 is 0 Å². The Morgan fingerprint density at radius 2 is 2.09 bits per heavy atom. The summed E-state index contributed by atoms with van der Waals surface area (Å²) in [5.41, 5.74) is 0.826. The second-order valence-electron chi connectivity index (χ2n) is 6.66. The van der Waals surface area contributed by atoms with Crippen LogP contribution in [0.5, 0.6) is 0 Å². The topological polar surface area (TPSA) is 40.5 Å². The van der Waals surface area contributed by atoms with E-state index in [-0.39, 0.29) is 18.3 Å². The second kappa shape index (κ2) is 8.44. The molecular weight excluding hydrogens is 274 g/mol. The van der Waals surface area contributed by atoms with E-state index in [4.69, 9.17) is 0 Å². The van der Waals surface area contributed by atoms with Crippen LogP contribution in [0.4, 0.5) is 0 Å². The number of aliphatic hydroxyl groups is 1. The molecule has 2 rings (SSSR count). The van der Waals surface area contributed by atoms with E-state index < -0.39 is 0 Å². The number of β-amino-alcohol motifs (C(OH)–C–C–N with tert-alkyl or cyclic N) is 1. The molecule has 0 radical (unpaired) electrons. The molecule has 1 aromatic carbocycles. The van der Waals surface area contributed by atoms with Crippen LogP contribution in [0.15, 0.2) is 30.3 Å². The summed E-state index contributed by atoms with van der Waals surface area (Å²) in [6.07, 6.45) is 3.36. The molecular formula is C19H29NO2. The van der Waals surface area contributed by atoms with Gasteiger partial charge in [0, 0.05) is 24.6 Å². The van der Waals surface area contributed by atoms with E-state index in [0.717, 1.165) is 31.5 Å². The average molecular weight is 303 g/mol. The molecule has 0 aliphatic carbocycles. The molecule has 1 unspecified atom stereocenters.